The van der Waals surface area contributed by atoms with Gasteiger partial charge in [0.15, 0.2) is 0 Å². The number of nitrogens with zero attached hydrogens (tertiary/aromatic N) is 1. The summed E-state index contributed by atoms with van der Waals surface area (Å²) < 4.78 is 5.32. The molecule has 1 unspecified atom stereocenters. The first kappa shape index (κ1) is 12.8. The van der Waals surface area contributed by atoms with E-state index in [2.05, 4.69) is 28.4 Å². The maximum Gasteiger partial charge on any atom is 0.0507 e. The van der Waals surface area contributed by atoms with Crippen LogP contribution in [0.4, 0.5) is 11.4 Å². The Balaban J connectivity index is 1.74. The topological polar surface area (TPSA) is 24.5 Å². The normalized spacial score (nSPS) is 22.8. The summed E-state index contributed by atoms with van der Waals surface area (Å²) in [5.74, 6) is 0.688. The summed E-state index contributed by atoms with van der Waals surface area (Å²) in [6.07, 6.45) is 5.05. The molecule has 19 heavy (non-hydrogen) atoms. The lowest BCUT2D eigenvalue weighted by Gasteiger charge is -2.35. The largest absolute Gasteiger partial charge is 0.385 e. The van der Waals surface area contributed by atoms with E-state index >= 15 is 0 Å². The predicted molar refractivity (Wildman–Crippen MR) is 80.1 cm³/mol. The van der Waals surface area contributed by atoms with Crippen LogP contribution in [-0.2, 0) is 11.2 Å². The van der Waals surface area contributed by atoms with Crippen molar-refractivity contribution >= 4 is 11.4 Å². The molecular weight excluding hydrogens is 236 g/mol. The first-order valence-electron chi connectivity index (χ1n) is 7.47. The van der Waals surface area contributed by atoms with E-state index in [0.29, 0.717) is 5.92 Å². The van der Waals surface area contributed by atoms with Crippen molar-refractivity contribution < 1.29 is 4.74 Å². The lowest BCUT2D eigenvalue weighted by molar-refractivity contribution is 0.143. The van der Waals surface area contributed by atoms with Gasteiger partial charge in [-0.25, -0.2) is 0 Å². The summed E-state index contributed by atoms with van der Waals surface area (Å²) in [5, 5.41) is 3.48. The number of anilines is 2. The van der Waals surface area contributed by atoms with Crippen LogP contribution in [0, 0.1) is 5.92 Å². The van der Waals surface area contributed by atoms with Gasteiger partial charge in [0.05, 0.1) is 6.61 Å². The van der Waals surface area contributed by atoms with Crippen LogP contribution in [0.2, 0.25) is 0 Å². The number of hydrogen-bond donors (Lipinski definition) is 1. The lowest BCUT2D eigenvalue weighted by atomic mass is 9.97. The summed E-state index contributed by atoms with van der Waals surface area (Å²) in [6.45, 7) is 4.33. The molecule has 0 saturated carbocycles. The molecule has 0 aromatic heterocycles. The average molecular weight is 260 g/mol. The van der Waals surface area contributed by atoms with Crippen molar-refractivity contribution in [1.82, 2.24) is 0 Å². The van der Waals surface area contributed by atoms with Crippen LogP contribution in [-0.4, -0.2) is 33.4 Å². The molecule has 0 amide bonds. The van der Waals surface area contributed by atoms with Crippen LogP contribution < -0.4 is 10.2 Å². The van der Waals surface area contributed by atoms with E-state index in [1.807, 2.05) is 7.11 Å². The second-order valence-corrected chi connectivity index (χ2v) is 5.78. The number of hydrogen-bond acceptors (Lipinski definition) is 3. The van der Waals surface area contributed by atoms with Crippen molar-refractivity contribution in [2.75, 3.05) is 43.6 Å². The van der Waals surface area contributed by atoms with Gasteiger partial charge >= 0.3 is 0 Å². The van der Waals surface area contributed by atoms with Crippen LogP contribution in [0.15, 0.2) is 18.2 Å². The summed E-state index contributed by atoms with van der Waals surface area (Å²) in [5.41, 5.74) is 4.21. The van der Waals surface area contributed by atoms with Crippen LogP contribution in [0.3, 0.4) is 0 Å². The van der Waals surface area contributed by atoms with E-state index in [4.69, 9.17) is 4.74 Å². The number of methoxy groups -OCH3 is 1. The molecule has 3 nitrogen and oxygen atoms in total. The Morgan fingerprint density at radius 2 is 2.32 bits per heavy atom. The average Bonchev–Trinajstić information content (AvgIpc) is 2.47. The highest BCUT2D eigenvalue weighted by Crippen LogP contribution is 2.29. The Morgan fingerprint density at radius 1 is 1.37 bits per heavy atom. The molecule has 2 heterocycles. The number of fused-ring (bicyclic) bond motifs is 1. The van der Waals surface area contributed by atoms with Gasteiger partial charge in [-0.2, -0.15) is 0 Å². The van der Waals surface area contributed by atoms with Crippen LogP contribution in [0.25, 0.3) is 0 Å². The number of piperidine rings is 1. The molecular formula is C16H24N2O. The number of ether oxygens (including phenoxy) is 1. The van der Waals surface area contributed by atoms with Gasteiger partial charge in [0.1, 0.15) is 0 Å². The Morgan fingerprint density at radius 3 is 3.21 bits per heavy atom. The van der Waals surface area contributed by atoms with Crippen molar-refractivity contribution in [2.24, 2.45) is 5.92 Å². The van der Waals surface area contributed by atoms with Crippen molar-refractivity contribution in [3.63, 3.8) is 0 Å². The zero-order valence-electron chi connectivity index (χ0n) is 11.8. The molecule has 0 radical (unpaired) electrons. The quantitative estimate of drug-likeness (QED) is 0.904. The third kappa shape index (κ3) is 2.86. The monoisotopic (exact) mass is 260 g/mol. The maximum absolute atomic E-state index is 5.32. The molecule has 1 fully saturated rings. The molecule has 1 N–H and O–H groups in total. The van der Waals surface area contributed by atoms with E-state index in [1.165, 1.54) is 49.2 Å². The predicted octanol–water partition coefficient (Wildman–Crippen LogP) is 2.91. The van der Waals surface area contributed by atoms with E-state index in [9.17, 15) is 0 Å². The number of benzene rings is 1. The van der Waals surface area contributed by atoms with Gasteiger partial charge in [-0.15, -0.1) is 0 Å². The van der Waals surface area contributed by atoms with E-state index in [0.717, 1.165) is 19.7 Å². The van der Waals surface area contributed by atoms with Crippen molar-refractivity contribution in [2.45, 2.75) is 25.7 Å². The zero-order chi connectivity index (χ0) is 13.1. The molecule has 1 aromatic carbocycles. The van der Waals surface area contributed by atoms with Crippen molar-refractivity contribution in [1.29, 1.82) is 0 Å². The fraction of sp³-hybridized carbons (Fsp3) is 0.625. The fourth-order valence-electron chi connectivity index (χ4n) is 3.33. The minimum absolute atomic E-state index is 0.688. The highest BCUT2D eigenvalue weighted by atomic mass is 16.5. The highest BCUT2D eigenvalue weighted by molar-refractivity contribution is 5.61. The molecule has 104 valence electrons. The van der Waals surface area contributed by atoms with Gasteiger partial charge in [0.2, 0.25) is 0 Å². The molecule has 2 aliphatic rings. The SMILES string of the molecule is COCC1CCCN(c2ccc3c(c2)CCCN3)C1. The molecule has 0 aliphatic carbocycles. The third-order valence-electron chi connectivity index (χ3n) is 4.31. The van der Waals surface area contributed by atoms with Crippen LogP contribution in [0.5, 0.6) is 0 Å². The molecule has 3 heteroatoms. The smallest absolute Gasteiger partial charge is 0.0507 e. The first-order valence-corrected chi connectivity index (χ1v) is 7.47. The van der Waals surface area contributed by atoms with E-state index < -0.39 is 0 Å². The van der Waals surface area contributed by atoms with Crippen LogP contribution >= 0.6 is 0 Å². The molecule has 1 saturated heterocycles. The van der Waals surface area contributed by atoms with E-state index in [1.54, 1.807) is 0 Å². The zero-order valence-corrected chi connectivity index (χ0v) is 11.8. The highest BCUT2D eigenvalue weighted by Gasteiger charge is 2.21. The third-order valence-corrected chi connectivity index (χ3v) is 4.31. The van der Waals surface area contributed by atoms with Gasteiger partial charge in [-0.3, -0.25) is 0 Å². The van der Waals surface area contributed by atoms with Crippen molar-refractivity contribution in [3.8, 4) is 0 Å². The van der Waals surface area contributed by atoms with Gasteiger partial charge in [0.25, 0.3) is 0 Å². The standard InChI is InChI=1S/C16H24N2O/c1-19-12-13-4-3-9-18(11-13)15-6-7-16-14(10-15)5-2-8-17-16/h6-7,10,13,17H,2-5,8-9,11-12H2,1H3. The van der Waals surface area contributed by atoms with E-state index in [-0.39, 0.29) is 0 Å². The second-order valence-electron chi connectivity index (χ2n) is 5.78. The molecule has 3 rings (SSSR count). The van der Waals surface area contributed by atoms with Crippen LogP contribution in [0.1, 0.15) is 24.8 Å². The lowest BCUT2D eigenvalue weighted by Crippen LogP contribution is -2.37. The summed E-state index contributed by atoms with van der Waals surface area (Å²) in [4.78, 5) is 2.53. The Bertz CT molecular complexity index is 431. The molecule has 1 atom stereocenters. The number of aryl methyl sites for hydroxylation is 1. The summed E-state index contributed by atoms with van der Waals surface area (Å²) in [7, 11) is 1.81. The minimum Gasteiger partial charge on any atom is -0.385 e. The Labute approximate surface area is 115 Å². The summed E-state index contributed by atoms with van der Waals surface area (Å²) in [6, 6.07) is 6.91. The van der Waals surface area contributed by atoms with Gasteiger partial charge in [0, 0.05) is 38.1 Å². The van der Waals surface area contributed by atoms with Gasteiger partial charge < -0.3 is 15.0 Å². The summed E-state index contributed by atoms with van der Waals surface area (Å²) >= 11 is 0. The van der Waals surface area contributed by atoms with Gasteiger partial charge in [-0.1, -0.05) is 0 Å². The number of rotatable bonds is 3. The fourth-order valence-corrected chi connectivity index (χ4v) is 3.33. The molecule has 2 aliphatic heterocycles. The number of nitrogens with one attached hydrogen (secondary N) is 1. The molecule has 0 spiro atoms. The molecule has 1 aromatic rings. The maximum atomic E-state index is 5.32. The Kier molecular flexibility index (Phi) is 3.92. The Hall–Kier alpha value is -1.22. The first-order chi connectivity index (χ1) is 9.36. The molecule has 0 bridgehead atoms. The van der Waals surface area contributed by atoms with Crippen molar-refractivity contribution in [3.05, 3.63) is 23.8 Å². The minimum atomic E-state index is 0.688. The van der Waals surface area contributed by atoms with Gasteiger partial charge in [-0.05, 0) is 55.4 Å². The second kappa shape index (κ2) is 5.83.